The number of carbonyl (C=O) groups is 1. The first-order chi connectivity index (χ1) is 10.3. The van der Waals surface area contributed by atoms with Crippen molar-refractivity contribution in [2.75, 3.05) is 6.54 Å². The lowest BCUT2D eigenvalue weighted by Crippen LogP contribution is -2.44. The van der Waals surface area contributed by atoms with Gasteiger partial charge in [-0.15, -0.1) is 0 Å². The van der Waals surface area contributed by atoms with Crippen molar-refractivity contribution in [3.63, 3.8) is 0 Å². The van der Waals surface area contributed by atoms with Crippen LogP contribution in [-0.4, -0.2) is 18.5 Å². The lowest BCUT2D eigenvalue weighted by molar-refractivity contribution is -0.123. The standard InChI is InChI=1S/C18H26N2O/c1-2-13-7-9-15(10-8-13)20-18(21)17-12-19-11-14-5-3-4-6-16(14)17/h3-6,13,15,17,19H,2,7-12H2,1H3,(H,20,21). The second-order valence-electron chi connectivity index (χ2n) is 6.52. The van der Waals surface area contributed by atoms with E-state index in [4.69, 9.17) is 0 Å². The van der Waals surface area contributed by atoms with Crippen molar-refractivity contribution in [2.24, 2.45) is 5.92 Å². The van der Waals surface area contributed by atoms with Gasteiger partial charge in [0.15, 0.2) is 0 Å². The zero-order chi connectivity index (χ0) is 14.7. The molecule has 2 N–H and O–H groups in total. The predicted octanol–water partition coefficient (Wildman–Crippen LogP) is 2.96. The first-order valence-electron chi connectivity index (χ1n) is 8.36. The minimum atomic E-state index is -0.0288. The Morgan fingerprint density at radius 1 is 1.24 bits per heavy atom. The number of benzene rings is 1. The second-order valence-corrected chi connectivity index (χ2v) is 6.52. The van der Waals surface area contributed by atoms with Gasteiger partial charge in [-0.25, -0.2) is 0 Å². The van der Waals surface area contributed by atoms with Gasteiger partial charge in [-0.1, -0.05) is 37.6 Å². The highest BCUT2D eigenvalue weighted by molar-refractivity contribution is 5.85. The number of carbonyl (C=O) groups excluding carboxylic acids is 1. The van der Waals surface area contributed by atoms with Gasteiger partial charge >= 0.3 is 0 Å². The molecule has 1 amide bonds. The molecule has 2 aliphatic rings. The quantitative estimate of drug-likeness (QED) is 0.897. The molecule has 1 aliphatic heterocycles. The fraction of sp³-hybridized carbons (Fsp3) is 0.611. The molecule has 0 aromatic heterocycles. The van der Waals surface area contributed by atoms with Gasteiger partial charge in [0.2, 0.25) is 5.91 Å². The monoisotopic (exact) mass is 286 g/mol. The Morgan fingerprint density at radius 3 is 2.76 bits per heavy atom. The highest BCUT2D eigenvalue weighted by Gasteiger charge is 2.28. The molecule has 0 spiro atoms. The van der Waals surface area contributed by atoms with Gasteiger partial charge in [-0.2, -0.15) is 0 Å². The van der Waals surface area contributed by atoms with Crippen molar-refractivity contribution in [3.05, 3.63) is 35.4 Å². The largest absolute Gasteiger partial charge is 0.353 e. The Morgan fingerprint density at radius 2 is 2.00 bits per heavy atom. The summed E-state index contributed by atoms with van der Waals surface area (Å²) in [7, 11) is 0. The van der Waals surface area contributed by atoms with Gasteiger partial charge in [0, 0.05) is 19.1 Å². The summed E-state index contributed by atoms with van der Waals surface area (Å²) in [5.74, 6) is 1.05. The maximum absolute atomic E-state index is 12.6. The summed E-state index contributed by atoms with van der Waals surface area (Å²) in [4.78, 5) is 12.6. The summed E-state index contributed by atoms with van der Waals surface area (Å²) in [5, 5.41) is 6.66. The molecule has 1 saturated carbocycles. The van der Waals surface area contributed by atoms with Crippen LogP contribution in [0.5, 0.6) is 0 Å². The summed E-state index contributed by atoms with van der Waals surface area (Å²) < 4.78 is 0. The first kappa shape index (κ1) is 14.6. The molecule has 3 heteroatoms. The Kier molecular flexibility index (Phi) is 4.59. The van der Waals surface area contributed by atoms with Crippen LogP contribution in [0, 0.1) is 5.92 Å². The Balaban J connectivity index is 1.62. The molecule has 1 heterocycles. The second kappa shape index (κ2) is 6.61. The van der Waals surface area contributed by atoms with Gasteiger partial charge < -0.3 is 10.6 Å². The number of fused-ring (bicyclic) bond motifs is 1. The van der Waals surface area contributed by atoms with E-state index >= 15 is 0 Å². The van der Waals surface area contributed by atoms with Crippen LogP contribution in [0.4, 0.5) is 0 Å². The van der Waals surface area contributed by atoms with Crippen molar-refractivity contribution in [1.29, 1.82) is 0 Å². The van der Waals surface area contributed by atoms with Crippen LogP contribution >= 0.6 is 0 Å². The van der Waals surface area contributed by atoms with E-state index in [9.17, 15) is 4.79 Å². The van der Waals surface area contributed by atoms with Gasteiger partial charge in [0.1, 0.15) is 0 Å². The van der Waals surface area contributed by atoms with E-state index in [0.29, 0.717) is 6.04 Å². The van der Waals surface area contributed by atoms with Crippen molar-refractivity contribution in [2.45, 2.75) is 57.5 Å². The molecule has 1 aromatic rings. The first-order valence-corrected chi connectivity index (χ1v) is 8.36. The number of hydrogen-bond acceptors (Lipinski definition) is 2. The van der Waals surface area contributed by atoms with Gasteiger partial charge in [0.05, 0.1) is 5.92 Å². The maximum atomic E-state index is 12.6. The Hall–Kier alpha value is -1.35. The van der Waals surface area contributed by atoms with Crippen molar-refractivity contribution in [1.82, 2.24) is 10.6 Å². The zero-order valence-corrected chi connectivity index (χ0v) is 12.9. The highest BCUT2D eigenvalue weighted by Crippen LogP contribution is 2.28. The molecule has 3 nitrogen and oxygen atoms in total. The molecule has 1 fully saturated rings. The highest BCUT2D eigenvalue weighted by atomic mass is 16.2. The molecule has 1 atom stereocenters. The molecule has 114 valence electrons. The molecular weight excluding hydrogens is 260 g/mol. The molecule has 3 rings (SSSR count). The van der Waals surface area contributed by atoms with Crippen LogP contribution < -0.4 is 10.6 Å². The molecular formula is C18H26N2O. The lowest BCUT2D eigenvalue weighted by Gasteiger charge is -2.31. The van der Waals surface area contributed by atoms with Crippen LogP contribution in [-0.2, 0) is 11.3 Å². The molecule has 0 bridgehead atoms. The predicted molar refractivity (Wildman–Crippen MR) is 85.1 cm³/mol. The van der Waals surface area contributed by atoms with E-state index in [1.54, 1.807) is 0 Å². The summed E-state index contributed by atoms with van der Waals surface area (Å²) >= 11 is 0. The third kappa shape index (κ3) is 3.29. The van der Waals surface area contributed by atoms with Crippen molar-refractivity contribution < 1.29 is 4.79 Å². The van der Waals surface area contributed by atoms with Gasteiger partial charge in [0.25, 0.3) is 0 Å². The van der Waals surface area contributed by atoms with Gasteiger partial charge in [-0.3, -0.25) is 4.79 Å². The molecule has 1 aromatic carbocycles. The van der Waals surface area contributed by atoms with E-state index in [1.807, 2.05) is 12.1 Å². The van der Waals surface area contributed by atoms with Crippen LogP contribution in [0.15, 0.2) is 24.3 Å². The number of nitrogens with one attached hydrogen (secondary N) is 2. The fourth-order valence-electron chi connectivity index (χ4n) is 3.75. The minimum absolute atomic E-state index is 0.0288. The summed E-state index contributed by atoms with van der Waals surface area (Å²) in [5.41, 5.74) is 2.47. The van der Waals surface area contributed by atoms with E-state index in [-0.39, 0.29) is 11.8 Å². The fourth-order valence-corrected chi connectivity index (χ4v) is 3.75. The normalized spacial score (nSPS) is 28.7. The Labute approximate surface area is 127 Å². The summed E-state index contributed by atoms with van der Waals surface area (Å²) in [6.07, 6.45) is 6.10. The maximum Gasteiger partial charge on any atom is 0.229 e. The van der Waals surface area contributed by atoms with E-state index in [2.05, 4.69) is 29.7 Å². The SMILES string of the molecule is CCC1CCC(NC(=O)C2CNCc3ccccc32)CC1. The van der Waals surface area contributed by atoms with Crippen LogP contribution in [0.25, 0.3) is 0 Å². The van der Waals surface area contributed by atoms with E-state index < -0.39 is 0 Å². The van der Waals surface area contributed by atoms with Crippen LogP contribution in [0.2, 0.25) is 0 Å². The number of rotatable bonds is 3. The molecule has 0 radical (unpaired) electrons. The van der Waals surface area contributed by atoms with E-state index in [1.165, 1.54) is 30.4 Å². The average molecular weight is 286 g/mol. The van der Waals surface area contributed by atoms with Crippen molar-refractivity contribution >= 4 is 5.91 Å². The van der Waals surface area contributed by atoms with E-state index in [0.717, 1.165) is 31.8 Å². The van der Waals surface area contributed by atoms with Crippen LogP contribution in [0.3, 0.4) is 0 Å². The van der Waals surface area contributed by atoms with Crippen LogP contribution in [0.1, 0.15) is 56.1 Å². The minimum Gasteiger partial charge on any atom is -0.353 e. The summed E-state index contributed by atoms with van der Waals surface area (Å²) in [6, 6.07) is 8.70. The lowest BCUT2D eigenvalue weighted by atomic mass is 9.84. The topological polar surface area (TPSA) is 41.1 Å². The molecule has 1 aliphatic carbocycles. The third-order valence-electron chi connectivity index (χ3n) is 5.18. The van der Waals surface area contributed by atoms with Gasteiger partial charge in [-0.05, 0) is 42.7 Å². The van der Waals surface area contributed by atoms with Crippen molar-refractivity contribution in [3.8, 4) is 0 Å². The zero-order valence-electron chi connectivity index (χ0n) is 12.9. The number of hydrogen-bond donors (Lipinski definition) is 2. The third-order valence-corrected chi connectivity index (χ3v) is 5.18. The smallest absolute Gasteiger partial charge is 0.229 e. The Bertz CT molecular complexity index is 492. The summed E-state index contributed by atoms with van der Waals surface area (Å²) in [6.45, 7) is 3.91. The average Bonchev–Trinajstić information content (AvgIpc) is 2.55. The molecule has 1 unspecified atom stereocenters. The molecule has 21 heavy (non-hydrogen) atoms. The number of amides is 1. The molecule has 0 saturated heterocycles.